The molecule has 0 amide bonds. The zero-order valence-corrected chi connectivity index (χ0v) is 44.1. The quantitative estimate of drug-likeness (QED) is 0.0480. The third-order valence-corrected chi connectivity index (χ3v) is 23.6. The number of ether oxygens (including phenoxy) is 5. The molecule has 1 saturated heterocycles. The minimum atomic E-state index is -2.81. The van der Waals surface area contributed by atoms with Gasteiger partial charge in [-0.2, -0.15) is 0 Å². The van der Waals surface area contributed by atoms with Crippen molar-refractivity contribution in [2.75, 3.05) is 20.5 Å². The van der Waals surface area contributed by atoms with Gasteiger partial charge >= 0.3 is 5.97 Å². The van der Waals surface area contributed by atoms with Crippen molar-refractivity contribution >= 4 is 47.1 Å². The van der Waals surface area contributed by atoms with Gasteiger partial charge in [0, 0.05) is 26.9 Å². The molecule has 0 saturated carbocycles. The standard InChI is InChI=1S/C51H77FO8Si3/c1-37(38(2)59-63(50(6,7)8,39-24-19-17-20-25-39)40-26-21-18-22-27-40)30-32-45(60-62(15,16)49(3,4)5)47-44(57-51(9,10)58-47)29-23-28-41-42(52)31-33-43(56-36-54-11)46(41)48(53)55-34-35-61(12,13)14/h17-28,30-33,37-38,44-45,47H,29,34-36H2,1-16H3/t37-,38+,44+,45?,47+/m1/s1. The molecule has 0 spiro atoms. The van der Waals surface area contributed by atoms with Crippen LogP contribution in [-0.2, 0) is 27.8 Å². The van der Waals surface area contributed by atoms with Crippen molar-refractivity contribution in [3.05, 3.63) is 108 Å². The first-order chi connectivity index (χ1) is 29.2. The molecule has 3 aromatic carbocycles. The summed E-state index contributed by atoms with van der Waals surface area (Å²) in [4.78, 5) is 13.6. The second-order valence-corrected chi connectivity index (χ2v) is 35.8. The highest BCUT2D eigenvalue weighted by Gasteiger charge is 2.52. The van der Waals surface area contributed by atoms with E-state index in [9.17, 15) is 4.79 Å². The number of carbonyl (C=O) groups is 1. The van der Waals surface area contributed by atoms with Crippen LogP contribution in [0, 0.1) is 11.7 Å². The molecule has 1 heterocycles. The Bertz CT molecular complexity index is 1940. The predicted octanol–water partition coefficient (Wildman–Crippen LogP) is 11.8. The number of methoxy groups -OCH3 is 1. The van der Waals surface area contributed by atoms with Gasteiger partial charge in [-0.15, -0.1) is 0 Å². The second kappa shape index (κ2) is 21.4. The Morgan fingerprint density at radius 1 is 0.825 bits per heavy atom. The zero-order valence-electron chi connectivity index (χ0n) is 41.1. The number of hydrogen-bond donors (Lipinski definition) is 0. The molecular formula is C51H77FO8Si3. The maximum absolute atomic E-state index is 15.7. The summed E-state index contributed by atoms with van der Waals surface area (Å²) >= 11 is 0. The summed E-state index contributed by atoms with van der Waals surface area (Å²) in [6.45, 7) is 33.0. The molecule has 63 heavy (non-hydrogen) atoms. The average molecular weight is 921 g/mol. The number of carbonyl (C=O) groups excluding carboxylic acids is 1. The van der Waals surface area contributed by atoms with Crippen molar-refractivity contribution in [1.82, 2.24) is 0 Å². The Kier molecular flexibility index (Phi) is 17.8. The van der Waals surface area contributed by atoms with Crippen molar-refractivity contribution in [2.24, 2.45) is 5.92 Å². The third kappa shape index (κ3) is 13.7. The van der Waals surface area contributed by atoms with E-state index in [0.717, 1.165) is 6.04 Å². The van der Waals surface area contributed by atoms with Crippen LogP contribution in [-0.4, -0.2) is 81.4 Å². The Morgan fingerprint density at radius 3 is 1.94 bits per heavy atom. The van der Waals surface area contributed by atoms with Gasteiger partial charge < -0.3 is 32.5 Å². The van der Waals surface area contributed by atoms with E-state index in [1.807, 2.05) is 19.9 Å². The molecule has 0 radical (unpaired) electrons. The molecule has 348 valence electrons. The van der Waals surface area contributed by atoms with Crippen LogP contribution in [0.4, 0.5) is 4.39 Å². The van der Waals surface area contributed by atoms with Crippen LogP contribution >= 0.6 is 0 Å². The Morgan fingerprint density at radius 2 is 1.41 bits per heavy atom. The summed E-state index contributed by atoms with van der Waals surface area (Å²) in [5, 5.41) is 2.22. The molecule has 12 heteroatoms. The Balaban J connectivity index is 1.70. The van der Waals surface area contributed by atoms with Crippen molar-refractivity contribution in [1.29, 1.82) is 0 Å². The average Bonchev–Trinajstić information content (AvgIpc) is 3.50. The van der Waals surface area contributed by atoms with Crippen LogP contribution in [0.5, 0.6) is 5.75 Å². The first-order valence-electron chi connectivity index (χ1n) is 22.5. The molecule has 0 aliphatic carbocycles. The summed E-state index contributed by atoms with van der Waals surface area (Å²) < 4.78 is 60.4. The van der Waals surface area contributed by atoms with Gasteiger partial charge in [0.2, 0.25) is 0 Å². The highest BCUT2D eigenvalue weighted by molar-refractivity contribution is 6.99. The fourth-order valence-electron chi connectivity index (χ4n) is 7.61. The molecular weight excluding hydrogens is 844 g/mol. The number of hydrogen-bond acceptors (Lipinski definition) is 8. The minimum absolute atomic E-state index is 0.00494. The summed E-state index contributed by atoms with van der Waals surface area (Å²) in [6.07, 6.45) is 6.59. The van der Waals surface area contributed by atoms with Crippen molar-refractivity contribution in [2.45, 2.75) is 155 Å². The number of halogens is 1. The van der Waals surface area contributed by atoms with Gasteiger partial charge in [-0.1, -0.05) is 153 Å². The monoisotopic (exact) mass is 920 g/mol. The molecule has 1 aliphatic rings. The summed E-state index contributed by atoms with van der Waals surface area (Å²) in [5.41, 5.74) is 0.0961. The SMILES string of the molecule is COCOc1ccc(F)c(C=CC[C@@H]2OC(C)(C)O[C@@H]2C(C=C[C@@H](C)[C@H](C)O[Si](c2ccccc2)(c2ccccc2)C(C)(C)C)O[Si](C)(C)C(C)(C)C)c1C(=O)OCC[Si](C)(C)C. The summed E-state index contributed by atoms with van der Waals surface area (Å²) in [5.74, 6) is -1.94. The van der Waals surface area contributed by atoms with Gasteiger partial charge in [0.1, 0.15) is 23.2 Å². The molecule has 1 aliphatic heterocycles. The lowest BCUT2D eigenvalue weighted by Crippen LogP contribution is -2.67. The third-order valence-electron chi connectivity index (χ3n) is 12.3. The zero-order chi connectivity index (χ0) is 47.0. The summed E-state index contributed by atoms with van der Waals surface area (Å²) in [6, 6.07) is 24.9. The van der Waals surface area contributed by atoms with E-state index in [2.05, 4.69) is 161 Å². The van der Waals surface area contributed by atoms with Crippen LogP contribution in [0.3, 0.4) is 0 Å². The van der Waals surface area contributed by atoms with Gasteiger partial charge in [0.05, 0.1) is 18.8 Å². The molecule has 3 aromatic rings. The minimum Gasteiger partial charge on any atom is -0.467 e. The molecule has 8 nitrogen and oxygen atoms in total. The van der Waals surface area contributed by atoms with E-state index in [1.165, 1.54) is 29.6 Å². The van der Waals surface area contributed by atoms with Crippen LogP contribution in [0.1, 0.15) is 91.6 Å². The highest BCUT2D eigenvalue weighted by Crippen LogP contribution is 2.42. The smallest absolute Gasteiger partial charge is 0.342 e. The van der Waals surface area contributed by atoms with Crippen molar-refractivity contribution < 1.29 is 41.7 Å². The Labute approximate surface area is 382 Å². The molecule has 0 aromatic heterocycles. The van der Waals surface area contributed by atoms with E-state index in [4.69, 9.17) is 32.5 Å². The first-order valence-corrected chi connectivity index (χ1v) is 31.0. The van der Waals surface area contributed by atoms with E-state index >= 15 is 4.39 Å². The van der Waals surface area contributed by atoms with Gasteiger partial charge in [0.15, 0.2) is 20.9 Å². The molecule has 0 N–H and O–H groups in total. The summed E-state index contributed by atoms with van der Waals surface area (Å²) in [7, 11) is -5.19. The van der Waals surface area contributed by atoms with Gasteiger partial charge in [-0.3, -0.25) is 0 Å². The number of esters is 1. The topological polar surface area (TPSA) is 81.7 Å². The maximum Gasteiger partial charge on any atom is 0.342 e. The van der Waals surface area contributed by atoms with E-state index in [0.29, 0.717) is 6.42 Å². The van der Waals surface area contributed by atoms with Gasteiger partial charge in [-0.05, 0) is 84.8 Å². The van der Waals surface area contributed by atoms with Crippen molar-refractivity contribution in [3.8, 4) is 5.75 Å². The van der Waals surface area contributed by atoms with Crippen LogP contribution in [0.2, 0.25) is 48.9 Å². The van der Waals surface area contributed by atoms with Crippen molar-refractivity contribution in [3.63, 3.8) is 0 Å². The molecule has 1 fully saturated rings. The lowest BCUT2D eigenvalue weighted by Gasteiger charge is -2.45. The largest absolute Gasteiger partial charge is 0.467 e. The first kappa shape index (κ1) is 52.4. The van der Waals surface area contributed by atoms with Crippen LogP contribution in [0.15, 0.2) is 91.0 Å². The maximum atomic E-state index is 15.7. The van der Waals surface area contributed by atoms with Crippen LogP contribution < -0.4 is 15.1 Å². The molecule has 5 atom stereocenters. The number of rotatable bonds is 20. The highest BCUT2D eigenvalue weighted by atomic mass is 28.4. The lowest BCUT2D eigenvalue weighted by molar-refractivity contribution is -0.151. The van der Waals surface area contributed by atoms with Crippen LogP contribution in [0.25, 0.3) is 6.08 Å². The molecule has 1 unspecified atom stereocenters. The fourth-order valence-corrected chi connectivity index (χ4v) is 14.4. The van der Waals surface area contributed by atoms with Gasteiger partial charge in [-0.25, -0.2) is 9.18 Å². The lowest BCUT2D eigenvalue weighted by atomic mass is 10.00. The van der Waals surface area contributed by atoms with E-state index in [-0.39, 0.29) is 52.4 Å². The Hall–Kier alpha value is -3.21. The molecule has 0 bridgehead atoms. The van der Waals surface area contributed by atoms with E-state index < -0.39 is 60.6 Å². The number of benzene rings is 3. The molecule has 4 rings (SSSR count). The fraction of sp³-hybridized carbons (Fsp3) is 0.549. The predicted molar refractivity (Wildman–Crippen MR) is 263 cm³/mol. The van der Waals surface area contributed by atoms with Gasteiger partial charge in [0.25, 0.3) is 8.32 Å². The normalized spacial score (nSPS) is 19.1. The van der Waals surface area contributed by atoms with E-state index in [1.54, 1.807) is 6.08 Å². The second-order valence-electron chi connectivity index (χ2n) is 21.2.